The van der Waals surface area contributed by atoms with E-state index < -0.39 is 6.04 Å². The molecule has 0 bridgehead atoms. The van der Waals surface area contributed by atoms with Gasteiger partial charge in [0.2, 0.25) is 0 Å². The Hall–Kier alpha value is -2.16. The van der Waals surface area contributed by atoms with Crippen LogP contribution >= 0.6 is 11.3 Å². The van der Waals surface area contributed by atoms with E-state index in [9.17, 15) is 4.79 Å². The number of thiophene rings is 1. The number of rotatable bonds is 5. The van der Waals surface area contributed by atoms with Crippen molar-refractivity contribution in [3.05, 3.63) is 57.3 Å². The van der Waals surface area contributed by atoms with Gasteiger partial charge in [-0.05, 0) is 41.6 Å². The number of methoxy groups -OCH3 is 1. The summed E-state index contributed by atoms with van der Waals surface area (Å²) in [4.78, 5) is 13.2. The second kappa shape index (κ2) is 7.02. The predicted molar refractivity (Wildman–Crippen MR) is 81.8 cm³/mol. The van der Waals surface area contributed by atoms with E-state index in [1.165, 1.54) is 17.6 Å². The molecule has 2 rings (SSSR count). The number of esters is 1. The maximum atomic E-state index is 12.0. The number of aryl methyl sites for hydroxylation is 1. The van der Waals surface area contributed by atoms with Gasteiger partial charge in [0.05, 0.1) is 18.7 Å². The minimum atomic E-state index is -0.579. The fraction of sp³-hybridized carbons (Fsp3) is 0.250. The van der Waals surface area contributed by atoms with Crippen molar-refractivity contribution in [3.8, 4) is 6.07 Å². The maximum Gasteiger partial charge on any atom is 0.327 e. The predicted octanol–water partition coefficient (Wildman–Crippen LogP) is 2.93. The molecular formula is C16H16N2O2S. The number of carbonyl (C=O) groups is 1. The molecule has 1 heterocycles. The molecule has 0 fully saturated rings. The highest BCUT2D eigenvalue weighted by Gasteiger charge is 2.21. The lowest BCUT2D eigenvalue weighted by Crippen LogP contribution is -2.29. The monoisotopic (exact) mass is 300 g/mol. The largest absolute Gasteiger partial charge is 0.468 e. The minimum Gasteiger partial charge on any atom is -0.468 e. The van der Waals surface area contributed by atoms with E-state index in [1.807, 2.05) is 24.4 Å². The molecule has 5 heteroatoms. The second-order valence-electron chi connectivity index (χ2n) is 4.60. The molecular weight excluding hydrogens is 284 g/mol. The van der Waals surface area contributed by atoms with Crippen LogP contribution in [0.5, 0.6) is 0 Å². The molecule has 0 unspecified atom stereocenters. The van der Waals surface area contributed by atoms with Crippen LogP contribution in [0, 0.1) is 18.3 Å². The fourth-order valence-corrected chi connectivity index (χ4v) is 2.88. The molecule has 0 spiro atoms. The highest BCUT2D eigenvalue weighted by atomic mass is 32.1. The van der Waals surface area contributed by atoms with Crippen molar-refractivity contribution < 1.29 is 9.53 Å². The summed E-state index contributed by atoms with van der Waals surface area (Å²) in [5.74, 6) is -0.362. The molecule has 0 aliphatic heterocycles. The Kier molecular flexibility index (Phi) is 5.09. The van der Waals surface area contributed by atoms with Crippen LogP contribution in [0.1, 0.15) is 27.6 Å². The summed E-state index contributed by atoms with van der Waals surface area (Å²) in [6.45, 7) is 2.62. The van der Waals surface area contributed by atoms with Crippen molar-refractivity contribution >= 4 is 17.3 Å². The molecule has 0 radical (unpaired) electrons. The van der Waals surface area contributed by atoms with E-state index in [2.05, 4.69) is 11.4 Å². The highest BCUT2D eigenvalue weighted by Crippen LogP contribution is 2.20. The van der Waals surface area contributed by atoms with Gasteiger partial charge < -0.3 is 4.74 Å². The molecule has 0 amide bonds. The van der Waals surface area contributed by atoms with E-state index in [1.54, 1.807) is 29.5 Å². The van der Waals surface area contributed by atoms with Gasteiger partial charge in [0.25, 0.3) is 0 Å². The lowest BCUT2D eigenvalue weighted by atomic mass is 10.0. The molecule has 1 N–H and O–H groups in total. The number of nitrogens with one attached hydrogen (secondary N) is 1. The third-order valence-corrected chi connectivity index (χ3v) is 4.24. The smallest absolute Gasteiger partial charge is 0.327 e. The summed E-state index contributed by atoms with van der Waals surface area (Å²) in [6.07, 6.45) is 0. The first kappa shape index (κ1) is 15.2. The van der Waals surface area contributed by atoms with Crippen LogP contribution in [0.25, 0.3) is 0 Å². The number of nitriles is 1. The average molecular weight is 300 g/mol. The summed E-state index contributed by atoms with van der Waals surface area (Å²) in [5.41, 5.74) is 2.45. The Morgan fingerprint density at radius 1 is 1.48 bits per heavy atom. The van der Waals surface area contributed by atoms with Crippen molar-refractivity contribution in [2.45, 2.75) is 19.5 Å². The summed E-state index contributed by atoms with van der Waals surface area (Å²) in [6, 6.07) is 10.5. The Morgan fingerprint density at radius 2 is 2.29 bits per heavy atom. The molecule has 4 nitrogen and oxygen atoms in total. The van der Waals surface area contributed by atoms with Crippen LogP contribution in [0.3, 0.4) is 0 Å². The summed E-state index contributed by atoms with van der Waals surface area (Å²) in [7, 11) is 1.36. The standard InChI is InChI=1S/C16H16N2O2S/c1-11-6-7-21-14(11)10-18-15(16(19)20-2)13-5-3-4-12(8-13)9-17/h3-8,15,18H,10H2,1-2H3/t15-/m1/s1. The molecule has 1 aromatic heterocycles. The van der Waals surface area contributed by atoms with Crippen LogP contribution in [0.4, 0.5) is 0 Å². The lowest BCUT2D eigenvalue weighted by Gasteiger charge is -2.17. The van der Waals surface area contributed by atoms with Crippen molar-refractivity contribution in [1.82, 2.24) is 5.32 Å². The Bertz CT molecular complexity index is 673. The zero-order chi connectivity index (χ0) is 15.2. The first-order chi connectivity index (χ1) is 10.2. The average Bonchev–Trinajstić information content (AvgIpc) is 2.92. The molecule has 0 aliphatic rings. The number of benzene rings is 1. The van der Waals surface area contributed by atoms with E-state index in [4.69, 9.17) is 10.00 Å². The first-order valence-electron chi connectivity index (χ1n) is 6.50. The molecule has 1 atom stereocenters. The molecule has 0 saturated carbocycles. The fourth-order valence-electron chi connectivity index (χ4n) is 2.02. The number of ether oxygens (including phenoxy) is 1. The van der Waals surface area contributed by atoms with Crippen LogP contribution in [-0.4, -0.2) is 13.1 Å². The van der Waals surface area contributed by atoms with Crippen molar-refractivity contribution in [1.29, 1.82) is 5.26 Å². The van der Waals surface area contributed by atoms with Crippen molar-refractivity contribution in [3.63, 3.8) is 0 Å². The molecule has 0 saturated heterocycles. The van der Waals surface area contributed by atoms with Gasteiger partial charge >= 0.3 is 5.97 Å². The van der Waals surface area contributed by atoms with Crippen molar-refractivity contribution in [2.75, 3.05) is 7.11 Å². The first-order valence-corrected chi connectivity index (χ1v) is 7.38. The quantitative estimate of drug-likeness (QED) is 0.862. The Balaban J connectivity index is 2.20. The highest BCUT2D eigenvalue weighted by molar-refractivity contribution is 7.10. The normalized spacial score (nSPS) is 11.7. The Labute approximate surface area is 128 Å². The summed E-state index contributed by atoms with van der Waals surface area (Å²) < 4.78 is 4.86. The van der Waals surface area contributed by atoms with E-state index in [0.717, 1.165) is 5.56 Å². The minimum absolute atomic E-state index is 0.362. The van der Waals surface area contributed by atoms with Crippen LogP contribution in [-0.2, 0) is 16.1 Å². The topological polar surface area (TPSA) is 62.1 Å². The van der Waals surface area contributed by atoms with Crippen LogP contribution < -0.4 is 5.32 Å². The van der Waals surface area contributed by atoms with Gasteiger partial charge in [-0.25, -0.2) is 4.79 Å². The van der Waals surface area contributed by atoms with Gasteiger partial charge in [0.1, 0.15) is 6.04 Å². The number of nitrogens with zero attached hydrogens (tertiary/aromatic N) is 1. The molecule has 21 heavy (non-hydrogen) atoms. The van der Waals surface area contributed by atoms with E-state index in [0.29, 0.717) is 12.1 Å². The van der Waals surface area contributed by atoms with Gasteiger partial charge in [-0.3, -0.25) is 5.32 Å². The SMILES string of the molecule is COC(=O)[C@H](NCc1sccc1C)c1cccc(C#N)c1. The van der Waals surface area contributed by atoms with Gasteiger partial charge in [0, 0.05) is 11.4 Å². The number of hydrogen-bond donors (Lipinski definition) is 1. The molecule has 0 aliphatic carbocycles. The zero-order valence-corrected chi connectivity index (χ0v) is 12.7. The summed E-state index contributed by atoms with van der Waals surface area (Å²) >= 11 is 1.65. The molecule has 108 valence electrons. The van der Waals surface area contributed by atoms with Gasteiger partial charge in [-0.1, -0.05) is 12.1 Å². The number of hydrogen-bond acceptors (Lipinski definition) is 5. The van der Waals surface area contributed by atoms with Crippen molar-refractivity contribution in [2.24, 2.45) is 0 Å². The lowest BCUT2D eigenvalue weighted by molar-refractivity contribution is -0.143. The van der Waals surface area contributed by atoms with Gasteiger partial charge in [-0.2, -0.15) is 5.26 Å². The molecule has 1 aromatic carbocycles. The van der Waals surface area contributed by atoms with Crippen LogP contribution in [0.2, 0.25) is 0 Å². The van der Waals surface area contributed by atoms with Gasteiger partial charge in [-0.15, -0.1) is 11.3 Å². The number of carbonyl (C=O) groups excluding carboxylic acids is 1. The second-order valence-corrected chi connectivity index (χ2v) is 5.60. The maximum absolute atomic E-state index is 12.0. The third kappa shape index (κ3) is 3.69. The summed E-state index contributed by atoms with van der Waals surface area (Å²) in [5, 5.41) is 14.2. The molecule has 2 aromatic rings. The van der Waals surface area contributed by atoms with Crippen LogP contribution in [0.15, 0.2) is 35.7 Å². The third-order valence-electron chi connectivity index (χ3n) is 3.22. The van der Waals surface area contributed by atoms with Gasteiger partial charge in [0.15, 0.2) is 0 Å². The Morgan fingerprint density at radius 3 is 2.90 bits per heavy atom. The zero-order valence-electron chi connectivity index (χ0n) is 11.9. The van der Waals surface area contributed by atoms with E-state index >= 15 is 0 Å². The van der Waals surface area contributed by atoms with E-state index in [-0.39, 0.29) is 5.97 Å².